The highest BCUT2D eigenvalue weighted by molar-refractivity contribution is 7.99. The molecule has 0 saturated heterocycles. The molecule has 0 aliphatic rings. The Morgan fingerprint density at radius 2 is 1.60 bits per heavy atom. The van der Waals surface area contributed by atoms with Gasteiger partial charge in [0.15, 0.2) is 0 Å². The van der Waals surface area contributed by atoms with Crippen LogP contribution in [0.2, 0.25) is 0 Å². The molecule has 0 fully saturated rings. The van der Waals surface area contributed by atoms with Crippen LogP contribution in [0.4, 0.5) is 5.69 Å². The van der Waals surface area contributed by atoms with Crippen LogP contribution in [0.5, 0.6) is 0 Å². The van der Waals surface area contributed by atoms with Gasteiger partial charge in [0.25, 0.3) is 0 Å². The molecule has 0 aliphatic heterocycles. The van der Waals surface area contributed by atoms with Gasteiger partial charge in [-0.05, 0) is 63.1 Å². The summed E-state index contributed by atoms with van der Waals surface area (Å²) in [5, 5.41) is 0. The van der Waals surface area contributed by atoms with Gasteiger partial charge in [-0.25, -0.2) is 0 Å². The molecule has 25 heavy (non-hydrogen) atoms. The van der Waals surface area contributed by atoms with E-state index in [9.17, 15) is 0 Å². The normalized spacial score (nSPS) is 11.2. The smallest absolute Gasteiger partial charge is 0.0815 e. The van der Waals surface area contributed by atoms with E-state index < -0.39 is 0 Å². The standard InChI is InChI=1S/C22H22N2S/c1-15-12-16(2)22(17(3)13-15)25-21-11-6-5-10-20(21)23-14-19-9-7-8-18(4)24-19/h5-14H,1-4H3. The molecule has 0 radical (unpaired) electrons. The SMILES string of the molecule is Cc1cc(C)c(Sc2ccccc2N=Cc2cccc(C)n2)c(C)c1. The number of aryl methyl sites for hydroxylation is 4. The zero-order valence-corrected chi connectivity index (χ0v) is 15.9. The molecule has 0 amide bonds. The topological polar surface area (TPSA) is 25.2 Å². The van der Waals surface area contributed by atoms with Crippen molar-refractivity contribution >= 4 is 23.7 Å². The summed E-state index contributed by atoms with van der Waals surface area (Å²) in [6, 6.07) is 18.7. The van der Waals surface area contributed by atoms with Crippen molar-refractivity contribution in [1.82, 2.24) is 4.98 Å². The largest absolute Gasteiger partial charge is 0.253 e. The molecule has 0 unspecified atom stereocenters. The highest BCUT2D eigenvalue weighted by Gasteiger charge is 2.09. The lowest BCUT2D eigenvalue weighted by Gasteiger charge is -2.12. The van der Waals surface area contributed by atoms with Crippen molar-refractivity contribution in [2.24, 2.45) is 4.99 Å². The predicted octanol–water partition coefficient (Wildman–Crippen LogP) is 6.22. The summed E-state index contributed by atoms with van der Waals surface area (Å²) in [6.07, 6.45) is 1.83. The third-order valence-electron chi connectivity index (χ3n) is 3.93. The molecular weight excluding hydrogens is 324 g/mol. The van der Waals surface area contributed by atoms with Crippen LogP contribution in [-0.4, -0.2) is 11.2 Å². The Labute approximate surface area is 154 Å². The van der Waals surface area contributed by atoms with E-state index in [1.807, 2.05) is 43.5 Å². The first-order valence-electron chi connectivity index (χ1n) is 8.35. The maximum atomic E-state index is 4.68. The minimum atomic E-state index is 0.877. The van der Waals surface area contributed by atoms with Gasteiger partial charge in [0, 0.05) is 15.5 Å². The lowest BCUT2D eigenvalue weighted by Crippen LogP contribution is -1.90. The van der Waals surface area contributed by atoms with E-state index >= 15 is 0 Å². The van der Waals surface area contributed by atoms with E-state index in [0.29, 0.717) is 0 Å². The van der Waals surface area contributed by atoms with Crippen molar-refractivity contribution in [2.75, 3.05) is 0 Å². The number of rotatable bonds is 4. The fourth-order valence-corrected chi connectivity index (χ4v) is 3.89. The third-order valence-corrected chi connectivity index (χ3v) is 5.34. The van der Waals surface area contributed by atoms with Crippen LogP contribution in [0.1, 0.15) is 28.1 Å². The molecule has 2 aromatic carbocycles. The van der Waals surface area contributed by atoms with Crippen molar-refractivity contribution in [3.8, 4) is 0 Å². The number of hydrogen-bond acceptors (Lipinski definition) is 3. The first-order chi connectivity index (χ1) is 12.0. The van der Waals surface area contributed by atoms with Crippen LogP contribution in [0.15, 0.2) is 69.4 Å². The minimum Gasteiger partial charge on any atom is -0.253 e. The number of aromatic nitrogens is 1. The van der Waals surface area contributed by atoms with E-state index in [1.165, 1.54) is 21.6 Å². The molecule has 3 heteroatoms. The summed E-state index contributed by atoms with van der Waals surface area (Å²) in [5.41, 5.74) is 6.76. The van der Waals surface area contributed by atoms with E-state index in [1.54, 1.807) is 11.8 Å². The average molecular weight is 346 g/mol. The van der Waals surface area contributed by atoms with Crippen molar-refractivity contribution in [2.45, 2.75) is 37.5 Å². The summed E-state index contributed by atoms with van der Waals surface area (Å²) < 4.78 is 0. The molecule has 0 bridgehead atoms. The Morgan fingerprint density at radius 3 is 2.32 bits per heavy atom. The zero-order valence-electron chi connectivity index (χ0n) is 15.1. The number of pyridine rings is 1. The van der Waals surface area contributed by atoms with Gasteiger partial charge in [-0.3, -0.25) is 9.98 Å². The van der Waals surface area contributed by atoms with Crippen LogP contribution in [0.3, 0.4) is 0 Å². The Hall–Kier alpha value is -2.39. The Kier molecular flexibility index (Phi) is 5.34. The summed E-state index contributed by atoms with van der Waals surface area (Å²) in [5.74, 6) is 0. The maximum Gasteiger partial charge on any atom is 0.0815 e. The van der Waals surface area contributed by atoms with Gasteiger partial charge in [0.05, 0.1) is 17.6 Å². The molecule has 0 N–H and O–H groups in total. The molecule has 0 spiro atoms. The van der Waals surface area contributed by atoms with E-state index in [2.05, 4.69) is 55.0 Å². The van der Waals surface area contributed by atoms with Crippen LogP contribution in [0, 0.1) is 27.7 Å². The maximum absolute atomic E-state index is 4.68. The monoisotopic (exact) mass is 346 g/mol. The lowest BCUT2D eigenvalue weighted by atomic mass is 10.1. The summed E-state index contributed by atoms with van der Waals surface area (Å²) in [7, 11) is 0. The number of nitrogens with zero attached hydrogens (tertiary/aromatic N) is 2. The molecule has 3 rings (SSSR count). The predicted molar refractivity (Wildman–Crippen MR) is 107 cm³/mol. The molecule has 0 atom stereocenters. The van der Waals surface area contributed by atoms with Gasteiger partial charge in [-0.2, -0.15) is 0 Å². The first kappa shape index (κ1) is 17.4. The van der Waals surface area contributed by atoms with E-state index in [0.717, 1.165) is 22.0 Å². The lowest BCUT2D eigenvalue weighted by molar-refractivity contribution is 1.18. The minimum absolute atomic E-state index is 0.877. The molecule has 1 aromatic heterocycles. The molecular formula is C22H22N2S. The van der Waals surface area contributed by atoms with Crippen molar-refractivity contribution in [3.05, 3.63) is 82.7 Å². The number of hydrogen-bond donors (Lipinski definition) is 0. The zero-order chi connectivity index (χ0) is 17.8. The first-order valence-corrected chi connectivity index (χ1v) is 9.17. The van der Waals surface area contributed by atoms with Crippen LogP contribution in [0.25, 0.3) is 0 Å². The molecule has 1 heterocycles. The average Bonchev–Trinajstić information content (AvgIpc) is 2.57. The molecule has 2 nitrogen and oxygen atoms in total. The number of para-hydroxylation sites is 1. The Balaban J connectivity index is 1.92. The van der Waals surface area contributed by atoms with Crippen LogP contribution >= 0.6 is 11.8 Å². The fraction of sp³-hybridized carbons (Fsp3) is 0.182. The van der Waals surface area contributed by atoms with Gasteiger partial charge in [-0.1, -0.05) is 47.7 Å². The van der Waals surface area contributed by atoms with Crippen molar-refractivity contribution < 1.29 is 0 Å². The second-order valence-electron chi connectivity index (χ2n) is 6.26. The highest BCUT2D eigenvalue weighted by atomic mass is 32.2. The van der Waals surface area contributed by atoms with Gasteiger partial charge >= 0.3 is 0 Å². The fourth-order valence-electron chi connectivity index (χ4n) is 2.86. The summed E-state index contributed by atoms with van der Waals surface area (Å²) >= 11 is 1.78. The van der Waals surface area contributed by atoms with E-state index in [-0.39, 0.29) is 0 Å². The summed E-state index contributed by atoms with van der Waals surface area (Å²) in [6.45, 7) is 8.47. The van der Waals surface area contributed by atoms with Crippen LogP contribution in [-0.2, 0) is 0 Å². The van der Waals surface area contributed by atoms with Gasteiger partial charge in [-0.15, -0.1) is 0 Å². The van der Waals surface area contributed by atoms with Crippen molar-refractivity contribution in [1.29, 1.82) is 0 Å². The Morgan fingerprint density at radius 1 is 0.880 bits per heavy atom. The molecule has 126 valence electrons. The third kappa shape index (κ3) is 4.37. The number of aliphatic imine (C=N–C) groups is 1. The molecule has 0 saturated carbocycles. The summed E-state index contributed by atoms with van der Waals surface area (Å²) in [4.78, 5) is 11.6. The highest BCUT2D eigenvalue weighted by Crippen LogP contribution is 2.38. The molecule has 3 aromatic rings. The second kappa shape index (κ2) is 7.66. The quantitative estimate of drug-likeness (QED) is 0.524. The van der Waals surface area contributed by atoms with Gasteiger partial charge < -0.3 is 0 Å². The second-order valence-corrected chi connectivity index (χ2v) is 7.31. The molecule has 0 aliphatic carbocycles. The number of benzene rings is 2. The van der Waals surface area contributed by atoms with Gasteiger partial charge in [0.2, 0.25) is 0 Å². The van der Waals surface area contributed by atoms with E-state index in [4.69, 9.17) is 0 Å². The van der Waals surface area contributed by atoms with Crippen LogP contribution < -0.4 is 0 Å². The van der Waals surface area contributed by atoms with Crippen molar-refractivity contribution in [3.63, 3.8) is 0 Å². The van der Waals surface area contributed by atoms with Gasteiger partial charge in [0.1, 0.15) is 0 Å². The Bertz CT molecular complexity index is 906.